The highest BCUT2D eigenvalue weighted by Gasteiger charge is 2.19. The van der Waals surface area contributed by atoms with E-state index in [9.17, 15) is 13.2 Å². The topological polar surface area (TPSA) is 92.2 Å². The van der Waals surface area contributed by atoms with E-state index in [0.717, 1.165) is 22.0 Å². The average molecular weight is 429 g/mol. The van der Waals surface area contributed by atoms with Crippen LogP contribution in [0.5, 0.6) is 0 Å². The van der Waals surface area contributed by atoms with Gasteiger partial charge in [0.05, 0.1) is 5.69 Å². The molecule has 30 heavy (non-hydrogen) atoms. The molecule has 2 aromatic carbocycles. The molecule has 0 saturated heterocycles. The molecule has 2 amide bonds. The molecule has 3 rings (SSSR count). The molecule has 1 aromatic heterocycles. The Labute approximate surface area is 177 Å². The molecular weight excluding hydrogens is 400 g/mol. The van der Waals surface area contributed by atoms with Crippen molar-refractivity contribution in [3.63, 3.8) is 0 Å². The summed E-state index contributed by atoms with van der Waals surface area (Å²) < 4.78 is 31.4. The predicted octanol–water partition coefficient (Wildman–Crippen LogP) is 4.90. The second-order valence-electron chi connectivity index (χ2n) is 7.98. The molecule has 0 atom stereocenters. The molecule has 0 spiro atoms. The van der Waals surface area contributed by atoms with Crippen LogP contribution in [0.3, 0.4) is 0 Å². The number of nitrogens with one attached hydrogen (secondary N) is 3. The maximum atomic E-state index is 12.5. The Morgan fingerprint density at radius 1 is 0.967 bits per heavy atom. The Bertz CT molecular complexity index is 1150. The fourth-order valence-corrected chi connectivity index (χ4v) is 4.27. The van der Waals surface area contributed by atoms with Crippen LogP contribution in [0.15, 0.2) is 48.7 Å². The van der Waals surface area contributed by atoms with Gasteiger partial charge in [0.15, 0.2) is 0 Å². The molecule has 0 aliphatic heterocycles. The maximum Gasteiger partial charge on any atom is 0.334 e. The summed E-state index contributed by atoms with van der Waals surface area (Å²) in [5.41, 5.74) is 3.92. The van der Waals surface area contributed by atoms with Crippen LogP contribution in [0.25, 0.3) is 10.9 Å². The number of hydrogen-bond acceptors (Lipinski definition) is 3. The number of urea groups is 1. The van der Waals surface area contributed by atoms with E-state index < -0.39 is 16.2 Å². The standard InChI is InChI=1S/C22H28N4O3S/c1-14(2)18-7-6-8-19(15(3)4)21(18)23-22(27)25-30(28,29)24-17-9-10-20-16(13-17)11-12-26(20)5/h6-15,24H,1-5H3,(H2,23,25,27). The highest BCUT2D eigenvalue weighted by atomic mass is 32.2. The normalized spacial score (nSPS) is 11.8. The Balaban J connectivity index is 1.78. The van der Waals surface area contributed by atoms with Crippen molar-refractivity contribution in [2.75, 3.05) is 10.0 Å². The number of benzene rings is 2. The van der Waals surface area contributed by atoms with Crippen LogP contribution < -0.4 is 14.8 Å². The van der Waals surface area contributed by atoms with Gasteiger partial charge in [0.2, 0.25) is 0 Å². The third-order valence-corrected chi connectivity index (χ3v) is 5.93. The van der Waals surface area contributed by atoms with Gasteiger partial charge in [-0.15, -0.1) is 0 Å². The smallest absolute Gasteiger partial charge is 0.334 e. The molecule has 160 valence electrons. The van der Waals surface area contributed by atoms with Gasteiger partial charge < -0.3 is 9.88 Å². The number of amides is 2. The molecule has 0 radical (unpaired) electrons. The van der Waals surface area contributed by atoms with E-state index in [2.05, 4.69) is 10.0 Å². The lowest BCUT2D eigenvalue weighted by Crippen LogP contribution is -2.38. The van der Waals surface area contributed by atoms with Crippen LogP contribution in [-0.4, -0.2) is 19.0 Å². The van der Waals surface area contributed by atoms with E-state index in [1.54, 1.807) is 12.1 Å². The second kappa shape index (κ2) is 8.39. The summed E-state index contributed by atoms with van der Waals surface area (Å²) >= 11 is 0. The first kappa shape index (κ1) is 21.7. The molecule has 7 nitrogen and oxygen atoms in total. The van der Waals surface area contributed by atoms with E-state index >= 15 is 0 Å². The fourth-order valence-electron chi connectivity index (χ4n) is 3.48. The Morgan fingerprint density at radius 2 is 1.60 bits per heavy atom. The second-order valence-corrected chi connectivity index (χ2v) is 9.40. The summed E-state index contributed by atoms with van der Waals surface area (Å²) in [4.78, 5) is 12.5. The van der Waals surface area contributed by atoms with E-state index in [4.69, 9.17) is 0 Å². The summed E-state index contributed by atoms with van der Waals surface area (Å²) in [5, 5.41) is 3.64. The maximum absolute atomic E-state index is 12.5. The highest BCUT2D eigenvalue weighted by molar-refractivity contribution is 7.91. The quantitative estimate of drug-likeness (QED) is 0.521. The van der Waals surface area contributed by atoms with Crippen LogP contribution in [0.2, 0.25) is 0 Å². The number of aryl methyl sites for hydroxylation is 1. The summed E-state index contributed by atoms with van der Waals surface area (Å²) in [7, 11) is -2.19. The van der Waals surface area contributed by atoms with Crippen molar-refractivity contribution in [2.45, 2.75) is 39.5 Å². The van der Waals surface area contributed by atoms with E-state index in [-0.39, 0.29) is 11.8 Å². The van der Waals surface area contributed by atoms with Crippen molar-refractivity contribution in [1.29, 1.82) is 0 Å². The first-order chi connectivity index (χ1) is 14.1. The summed E-state index contributed by atoms with van der Waals surface area (Å²) in [6, 6.07) is 12.1. The summed E-state index contributed by atoms with van der Waals surface area (Å²) in [5.74, 6) is 0.345. The zero-order valence-corrected chi connectivity index (χ0v) is 18.7. The van der Waals surface area contributed by atoms with Gasteiger partial charge in [-0.1, -0.05) is 45.9 Å². The Morgan fingerprint density at radius 3 is 2.20 bits per heavy atom. The molecule has 3 N–H and O–H groups in total. The SMILES string of the molecule is CC(C)c1cccc(C(C)C)c1NC(=O)NS(=O)(=O)Nc1ccc2c(ccn2C)c1. The molecule has 0 bridgehead atoms. The molecule has 1 heterocycles. The number of para-hydroxylation sites is 1. The third-order valence-electron chi connectivity index (χ3n) is 4.98. The number of carbonyl (C=O) groups excluding carboxylic acids is 1. The van der Waals surface area contributed by atoms with Gasteiger partial charge in [0, 0.05) is 29.8 Å². The Kier molecular flexibility index (Phi) is 6.07. The van der Waals surface area contributed by atoms with Crippen molar-refractivity contribution in [3.05, 3.63) is 59.8 Å². The highest BCUT2D eigenvalue weighted by Crippen LogP contribution is 2.32. The van der Waals surface area contributed by atoms with Crippen molar-refractivity contribution in [3.8, 4) is 0 Å². The van der Waals surface area contributed by atoms with Gasteiger partial charge in [-0.2, -0.15) is 8.42 Å². The van der Waals surface area contributed by atoms with Crippen LogP contribution in [0.4, 0.5) is 16.2 Å². The van der Waals surface area contributed by atoms with E-state index in [1.807, 2.05) is 80.6 Å². The lowest BCUT2D eigenvalue weighted by atomic mass is 9.93. The van der Waals surface area contributed by atoms with Crippen molar-refractivity contribution in [1.82, 2.24) is 9.29 Å². The molecule has 3 aromatic rings. The molecule has 0 aliphatic rings. The molecule has 0 aliphatic carbocycles. The van der Waals surface area contributed by atoms with Crippen LogP contribution in [0.1, 0.15) is 50.7 Å². The number of hydrogen-bond donors (Lipinski definition) is 3. The third kappa shape index (κ3) is 4.76. The molecule has 8 heteroatoms. The molecule has 0 unspecified atom stereocenters. The number of carbonyl (C=O) groups is 1. The number of anilines is 2. The van der Waals surface area contributed by atoms with Gasteiger partial charge in [-0.25, -0.2) is 9.52 Å². The van der Waals surface area contributed by atoms with Gasteiger partial charge in [-0.05, 0) is 47.2 Å². The van der Waals surface area contributed by atoms with E-state index in [0.29, 0.717) is 11.4 Å². The number of fused-ring (bicyclic) bond motifs is 1. The van der Waals surface area contributed by atoms with Crippen LogP contribution >= 0.6 is 0 Å². The minimum absolute atomic E-state index is 0.173. The van der Waals surface area contributed by atoms with Gasteiger partial charge in [0.25, 0.3) is 0 Å². The van der Waals surface area contributed by atoms with E-state index in [1.165, 1.54) is 0 Å². The van der Waals surface area contributed by atoms with Crippen LogP contribution in [-0.2, 0) is 17.3 Å². The summed E-state index contributed by atoms with van der Waals surface area (Å²) in [6.45, 7) is 8.11. The van der Waals surface area contributed by atoms with Crippen LogP contribution in [0, 0.1) is 0 Å². The first-order valence-corrected chi connectivity index (χ1v) is 11.3. The van der Waals surface area contributed by atoms with Gasteiger partial charge >= 0.3 is 16.2 Å². The number of aromatic nitrogens is 1. The Hall–Kier alpha value is -3.00. The van der Waals surface area contributed by atoms with Crippen molar-refractivity contribution >= 4 is 38.5 Å². The molecular formula is C22H28N4O3S. The zero-order chi connectivity index (χ0) is 22.1. The van der Waals surface area contributed by atoms with Crippen molar-refractivity contribution < 1.29 is 13.2 Å². The first-order valence-electron chi connectivity index (χ1n) is 9.87. The predicted molar refractivity (Wildman–Crippen MR) is 122 cm³/mol. The lowest BCUT2D eigenvalue weighted by molar-refractivity contribution is 0.256. The zero-order valence-electron chi connectivity index (χ0n) is 17.9. The fraction of sp³-hybridized carbons (Fsp3) is 0.318. The van der Waals surface area contributed by atoms with Gasteiger partial charge in [0.1, 0.15) is 0 Å². The van der Waals surface area contributed by atoms with Gasteiger partial charge in [-0.3, -0.25) is 4.72 Å². The largest absolute Gasteiger partial charge is 0.351 e. The monoisotopic (exact) mass is 428 g/mol. The average Bonchev–Trinajstić information content (AvgIpc) is 3.00. The minimum Gasteiger partial charge on any atom is -0.351 e. The number of rotatable bonds is 6. The lowest BCUT2D eigenvalue weighted by Gasteiger charge is -2.20. The number of nitrogens with zero attached hydrogens (tertiary/aromatic N) is 1. The molecule has 0 fully saturated rings. The van der Waals surface area contributed by atoms with Crippen molar-refractivity contribution in [2.24, 2.45) is 7.05 Å². The minimum atomic E-state index is -4.10. The summed E-state index contributed by atoms with van der Waals surface area (Å²) in [6.07, 6.45) is 1.90. The molecule has 0 saturated carbocycles.